The molecule has 0 radical (unpaired) electrons. The van der Waals surface area contributed by atoms with E-state index in [0.29, 0.717) is 11.4 Å². The molecular weight excluding hydrogens is 198 g/mol. The van der Waals surface area contributed by atoms with Crippen molar-refractivity contribution >= 4 is 5.82 Å². The van der Waals surface area contributed by atoms with Crippen LogP contribution in [0.5, 0.6) is 0 Å². The van der Waals surface area contributed by atoms with Gasteiger partial charge in [0.25, 0.3) is 0 Å². The summed E-state index contributed by atoms with van der Waals surface area (Å²) in [4.78, 5) is 4.53. The van der Waals surface area contributed by atoms with E-state index in [1.807, 2.05) is 13.0 Å². The van der Waals surface area contributed by atoms with Crippen molar-refractivity contribution in [3.05, 3.63) is 35.5 Å². The minimum atomic E-state index is 0.124. The smallest absolute Gasteiger partial charge is 0.144 e. The van der Waals surface area contributed by atoms with E-state index >= 15 is 0 Å². The van der Waals surface area contributed by atoms with E-state index in [1.54, 1.807) is 6.08 Å². The number of aromatic nitrogens is 1. The van der Waals surface area contributed by atoms with Crippen LogP contribution < -0.4 is 5.32 Å². The van der Waals surface area contributed by atoms with Gasteiger partial charge in [-0.05, 0) is 37.8 Å². The molecule has 82 valence electrons. The normalized spacial score (nSPS) is 15.0. The van der Waals surface area contributed by atoms with Crippen LogP contribution in [0.3, 0.4) is 0 Å². The summed E-state index contributed by atoms with van der Waals surface area (Å²) in [7, 11) is 0. The van der Waals surface area contributed by atoms with Gasteiger partial charge < -0.3 is 5.32 Å². The van der Waals surface area contributed by atoms with Crippen molar-refractivity contribution in [3.63, 3.8) is 0 Å². The number of hydrogen-bond donors (Lipinski definition) is 1. The van der Waals surface area contributed by atoms with Crippen LogP contribution >= 0.6 is 0 Å². The van der Waals surface area contributed by atoms with Crippen LogP contribution in [0.2, 0.25) is 0 Å². The van der Waals surface area contributed by atoms with E-state index < -0.39 is 0 Å². The largest absolute Gasteiger partial charge is 0.363 e. The Morgan fingerprint density at radius 1 is 1.62 bits per heavy atom. The molecule has 1 heterocycles. The maximum atomic E-state index is 9.08. The third-order valence-electron chi connectivity index (χ3n) is 2.89. The number of nitrogens with zero attached hydrogens (tertiary/aromatic N) is 2. The molecule has 1 N–H and O–H groups in total. The highest BCUT2D eigenvalue weighted by atomic mass is 15.0. The monoisotopic (exact) mass is 213 g/mol. The Hall–Kier alpha value is -1.82. The van der Waals surface area contributed by atoms with E-state index in [9.17, 15) is 0 Å². The molecule has 0 aliphatic heterocycles. The minimum absolute atomic E-state index is 0.124. The van der Waals surface area contributed by atoms with Crippen LogP contribution in [-0.4, -0.2) is 11.0 Å². The fourth-order valence-corrected chi connectivity index (χ4v) is 1.94. The molecule has 1 aliphatic carbocycles. The maximum Gasteiger partial charge on any atom is 0.144 e. The molecule has 0 spiro atoms. The molecule has 3 nitrogen and oxygen atoms in total. The Morgan fingerprint density at radius 3 is 3.12 bits per heavy atom. The Bertz CT molecular complexity index is 457. The third-order valence-corrected chi connectivity index (χ3v) is 2.89. The zero-order valence-corrected chi connectivity index (χ0v) is 9.45. The van der Waals surface area contributed by atoms with Gasteiger partial charge in [0.15, 0.2) is 0 Å². The van der Waals surface area contributed by atoms with Crippen LogP contribution in [-0.2, 0) is 12.8 Å². The first-order valence-corrected chi connectivity index (χ1v) is 5.56. The van der Waals surface area contributed by atoms with Crippen LogP contribution in [0.15, 0.2) is 18.7 Å². The summed E-state index contributed by atoms with van der Waals surface area (Å²) >= 11 is 0. The predicted molar refractivity (Wildman–Crippen MR) is 64.3 cm³/mol. The second kappa shape index (κ2) is 4.36. The van der Waals surface area contributed by atoms with Crippen LogP contribution in [0.4, 0.5) is 5.82 Å². The second-order valence-corrected chi connectivity index (χ2v) is 4.12. The summed E-state index contributed by atoms with van der Waals surface area (Å²) in [5.74, 6) is 0.690. The van der Waals surface area contributed by atoms with E-state index in [2.05, 4.69) is 22.9 Å². The predicted octanol–water partition coefficient (Wildman–Crippen LogP) is 2.43. The zero-order valence-electron chi connectivity index (χ0n) is 9.45. The van der Waals surface area contributed by atoms with Gasteiger partial charge >= 0.3 is 0 Å². The number of anilines is 1. The lowest BCUT2D eigenvalue weighted by atomic mass is 10.1. The minimum Gasteiger partial charge on any atom is -0.363 e. The van der Waals surface area contributed by atoms with Crippen LogP contribution in [0.25, 0.3) is 0 Å². The molecule has 1 unspecified atom stereocenters. The highest BCUT2D eigenvalue weighted by Gasteiger charge is 2.16. The number of fused-ring (bicyclic) bond motifs is 1. The lowest BCUT2D eigenvalue weighted by Crippen LogP contribution is -2.14. The summed E-state index contributed by atoms with van der Waals surface area (Å²) < 4.78 is 0. The Morgan fingerprint density at radius 2 is 2.44 bits per heavy atom. The fourth-order valence-electron chi connectivity index (χ4n) is 1.94. The fraction of sp³-hybridized carbons (Fsp3) is 0.385. The van der Waals surface area contributed by atoms with Crippen molar-refractivity contribution in [1.82, 2.24) is 4.98 Å². The van der Waals surface area contributed by atoms with Gasteiger partial charge in [0.2, 0.25) is 0 Å². The van der Waals surface area contributed by atoms with Crippen molar-refractivity contribution in [2.24, 2.45) is 0 Å². The number of hydrogen-bond acceptors (Lipinski definition) is 3. The number of rotatable bonds is 3. The van der Waals surface area contributed by atoms with Gasteiger partial charge in [0.1, 0.15) is 11.9 Å². The Balaban J connectivity index is 2.37. The lowest BCUT2D eigenvalue weighted by Gasteiger charge is -2.12. The number of nitriles is 1. The van der Waals surface area contributed by atoms with E-state index in [-0.39, 0.29) is 6.04 Å². The Labute approximate surface area is 95.8 Å². The van der Waals surface area contributed by atoms with Gasteiger partial charge in [-0.25, -0.2) is 4.98 Å². The quantitative estimate of drug-likeness (QED) is 0.784. The van der Waals surface area contributed by atoms with Crippen LogP contribution in [0.1, 0.15) is 30.2 Å². The molecule has 0 saturated carbocycles. The molecule has 3 heteroatoms. The lowest BCUT2D eigenvalue weighted by molar-refractivity contribution is 0.897. The molecule has 1 atom stereocenters. The highest BCUT2D eigenvalue weighted by Crippen LogP contribution is 2.25. The second-order valence-electron chi connectivity index (χ2n) is 4.12. The summed E-state index contributed by atoms with van der Waals surface area (Å²) in [6.45, 7) is 5.70. The first-order valence-electron chi connectivity index (χ1n) is 5.56. The highest BCUT2D eigenvalue weighted by molar-refractivity contribution is 5.55. The topological polar surface area (TPSA) is 48.7 Å². The number of nitrogens with one attached hydrogen (secondary N) is 1. The van der Waals surface area contributed by atoms with Crippen molar-refractivity contribution in [3.8, 4) is 6.07 Å². The molecule has 2 rings (SSSR count). The number of aryl methyl sites for hydroxylation is 2. The van der Waals surface area contributed by atoms with Crippen molar-refractivity contribution in [1.29, 1.82) is 5.26 Å². The molecule has 1 aromatic rings. The standard InChI is InChI=1S/C13H15N3/c1-3-9(2)15-13-11(8-14)7-10-5-4-6-12(10)16-13/h3,7,9H,1,4-6H2,2H3,(H,15,16). The van der Waals surface area contributed by atoms with E-state index in [1.165, 1.54) is 5.56 Å². The molecule has 16 heavy (non-hydrogen) atoms. The van der Waals surface area contributed by atoms with E-state index in [0.717, 1.165) is 25.0 Å². The van der Waals surface area contributed by atoms with Gasteiger partial charge in [0, 0.05) is 11.7 Å². The van der Waals surface area contributed by atoms with Gasteiger partial charge in [-0.15, -0.1) is 6.58 Å². The maximum absolute atomic E-state index is 9.08. The molecule has 0 amide bonds. The SMILES string of the molecule is C=CC(C)Nc1nc2c(cc1C#N)CCC2. The summed E-state index contributed by atoms with van der Waals surface area (Å²) in [6.07, 6.45) is 5.02. The van der Waals surface area contributed by atoms with Crippen LogP contribution in [0, 0.1) is 11.3 Å². The van der Waals surface area contributed by atoms with Gasteiger partial charge in [-0.3, -0.25) is 0 Å². The molecule has 0 fully saturated rings. The molecular formula is C13H15N3. The van der Waals surface area contributed by atoms with Crippen molar-refractivity contribution < 1.29 is 0 Å². The Kier molecular flexibility index (Phi) is 2.91. The average Bonchev–Trinajstić information content (AvgIpc) is 2.74. The van der Waals surface area contributed by atoms with E-state index in [4.69, 9.17) is 5.26 Å². The molecule has 1 aromatic heterocycles. The van der Waals surface area contributed by atoms with Gasteiger partial charge in [0.05, 0.1) is 5.56 Å². The summed E-state index contributed by atoms with van der Waals surface area (Å²) in [6, 6.07) is 4.29. The molecule has 0 bridgehead atoms. The third kappa shape index (κ3) is 1.92. The zero-order chi connectivity index (χ0) is 11.5. The van der Waals surface area contributed by atoms with Crippen molar-refractivity contribution in [2.75, 3.05) is 5.32 Å². The van der Waals surface area contributed by atoms with Gasteiger partial charge in [-0.1, -0.05) is 6.08 Å². The molecule has 1 aliphatic rings. The van der Waals surface area contributed by atoms with Crippen molar-refractivity contribution in [2.45, 2.75) is 32.2 Å². The molecule has 0 saturated heterocycles. The number of pyridine rings is 1. The first-order chi connectivity index (χ1) is 7.74. The summed E-state index contributed by atoms with van der Waals surface area (Å²) in [5.41, 5.74) is 3.00. The average molecular weight is 213 g/mol. The first kappa shape index (κ1) is 10.7. The van der Waals surface area contributed by atoms with Gasteiger partial charge in [-0.2, -0.15) is 5.26 Å². The summed E-state index contributed by atoms with van der Waals surface area (Å²) in [5, 5.41) is 12.3. The molecule has 0 aromatic carbocycles.